The molecule has 8 heteroatoms. The van der Waals surface area contributed by atoms with E-state index in [1.54, 1.807) is 6.08 Å². The van der Waals surface area contributed by atoms with E-state index >= 15 is 0 Å². The Labute approximate surface area is 117 Å². The lowest BCUT2D eigenvalue weighted by Crippen LogP contribution is -2.27. The Morgan fingerprint density at radius 3 is 2.89 bits per heavy atom. The molecule has 0 unspecified atom stereocenters. The van der Waals surface area contributed by atoms with Crippen LogP contribution in [-0.2, 0) is 4.79 Å². The first kappa shape index (κ1) is 13.5. The Hall–Kier alpha value is -1.93. The van der Waals surface area contributed by atoms with Gasteiger partial charge >= 0.3 is 5.88 Å². The van der Waals surface area contributed by atoms with E-state index in [9.17, 15) is 14.9 Å². The molecule has 0 N–H and O–H groups in total. The summed E-state index contributed by atoms with van der Waals surface area (Å²) in [5, 5.41) is 10.5. The quantitative estimate of drug-likeness (QED) is 0.279. The second-order valence-electron chi connectivity index (χ2n) is 3.51. The van der Waals surface area contributed by atoms with Crippen LogP contribution in [0, 0.1) is 10.1 Å². The average Bonchev–Trinajstić information content (AvgIpc) is 2.91. The van der Waals surface area contributed by atoms with Crippen LogP contribution in [0.5, 0.6) is 0 Å². The topological polar surface area (TPSA) is 76.6 Å². The van der Waals surface area contributed by atoms with Gasteiger partial charge in [-0.2, -0.15) is 0 Å². The van der Waals surface area contributed by atoms with Crippen molar-refractivity contribution in [3.8, 4) is 0 Å². The van der Waals surface area contributed by atoms with Gasteiger partial charge in [-0.1, -0.05) is 30.1 Å². The molecule has 0 radical (unpaired) electrons. The van der Waals surface area contributed by atoms with E-state index in [1.165, 1.54) is 23.1 Å². The van der Waals surface area contributed by atoms with Gasteiger partial charge in [-0.3, -0.25) is 19.8 Å². The van der Waals surface area contributed by atoms with Gasteiger partial charge < -0.3 is 4.42 Å². The smallest absolute Gasteiger partial charge is 0.401 e. The van der Waals surface area contributed by atoms with E-state index in [0.29, 0.717) is 15.8 Å². The predicted molar refractivity (Wildman–Crippen MR) is 75.4 cm³/mol. The fraction of sp³-hybridized carbons (Fsp3) is 0.0909. The zero-order chi connectivity index (χ0) is 14.0. The summed E-state index contributed by atoms with van der Waals surface area (Å²) in [7, 11) is 0. The van der Waals surface area contributed by atoms with Crippen molar-refractivity contribution in [2.75, 3.05) is 6.54 Å². The van der Waals surface area contributed by atoms with Crippen LogP contribution < -0.4 is 0 Å². The van der Waals surface area contributed by atoms with Crippen molar-refractivity contribution in [1.29, 1.82) is 0 Å². The van der Waals surface area contributed by atoms with Gasteiger partial charge in [-0.25, -0.2) is 0 Å². The van der Waals surface area contributed by atoms with Crippen LogP contribution in [0.2, 0.25) is 0 Å². The highest BCUT2D eigenvalue weighted by Gasteiger charge is 2.31. The molecule has 0 atom stereocenters. The van der Waals surface area contributed by atoms with Crippen molar-refractivity contribution in [3.63, 3.8) is 0 Å². The number of hydrogen-bond donors (Lipinski definition) is 0. The summed E-state index contributed by atoms with van der Waals surface area (Å²) >= 11 is 6.19. The van der Waals surface area contributed by atoms with E-state index < -0.39 is 4.92 Å². The zero-order valence-corrected chi connectivity index (χ0v) is 11.2. The Balaban J connectivity index is 2.24. The lowest BCUT2D eigenvalue weighted by atomic mass is 10.3. The summed E-state index contributed by atoms with van der Waals surface area (Å²) in [6.07, 6.45) is 3.01. The molecule has 1 saturated heterocycles. The van der Waals surface area contributed by atoms with Crippen molar-refractivity contribution in [2.45, 2.75) is 0 Å². The van der Waals surface area contributed by atoms with E-state index in [4.69, 9.17) is 16.6 Å². The highest BCUT2D eigenvalue weighted by Crippen LogP contribution is 2.33. The number of furan rings is 1. The molecule has 1 aromatic heterocycles. The summed E-state index contributed by atoms with van der Waals surface area (Å²) in [5.74, 6) is -0.382. The van der Waals surface area contributed by atoms with Crippen molar-refractivity contribution < 1.29 is 14.1 Å². The Morgan fingerprint density at radius 1 is 1.58 bits per heavy atom. The third-order valence-corrected chi connectivity index (χ3v) is 3.63. The minimum absolute atomic E-state index is 0.241. The van der Waals surface area contributed by atoms with Crippen LogP contribution >= 0.6 is 24.0 Å². The Morgan fingerprint density at radius 2 is 2.32 bits per heavy atom. The van der Waals surface area contributed by atoms with E-state index in [2.05, 4.69) is 6.58 Å². The van der Waals surface area contributed by atoms with Crippen LogP contribution in [0.1, 0.15) is 5.76 Å². The third-order valence-electron chi connectivity index (χ3n) is 2.25. The summed E-state index contributed by atoms with van der Waals surface area (Å²) in [4.78, 5) is 23.6. The number of thioether (sulfide) groups is 1. The predicted octanol–water partition coefficient (Wildman–Crippen LogP) is 2.58. The van der Waals surface area contributed by atoms with Gasteiger partial charge in [-0.15, -0.1) is 6.58 Å². The number of nitrogens with zero attached hydrogens (tertiary/aromatic N) is 2. The molecule has 1 fully saturated rings. The molecule has 2 rings (SSSR count). The third kappa shape index (κ3) is 2.74. The van der Waals surface area contributed by atoms with Gasteiger partial charge in [0.05, 0.1) is 11.0 Å². The molecular formula is C11H8N2O4S2. The highest BCUT2D eigenvalue weighted by molar-refractivity contribution is 8.26. The first-order chi connectivity index (χ1) is 9.02. The molecule has 1 aliphatic rings. The highest BCUT2D eigenvalue weighted by atomic mass is 32.2. The SMILES string of the molecule is C=CCN1C(=O)/C(=C\c2ccc([N+](=O)[O-])o2)SC1=S. The van der Waals surface area contributed by atoms with Crippen molar-refractivity contribution in [2.24, 2.45) is 0 Å². The van der Waals surface area contributed by atoms with E-state index in [0.717, 1.165) is 11.8 Å². The van der Waals surface area contributed by atoms with Crippen molar-refractivity contribution in [1.82, 2.24) is 4.90 Å². The fourth-order valence-electron chi connectivity index (χ4n) is 1.43. The lowest BCUT2D eigenvalue weighted by molar-refractivity contribution is -0.402. The monoisotopic (exact) mass is 296 g/mol. The van der Waals surface area contributed by atoms with Crippen LogP contribution in [0.3, 0.4) is 0 Å². The van der Waals surface area contributed by atoms with Gasteiger partial charge in [0.1, 0.15) is 15.0 Å². The van der Waals surface area contributed by atoms with E-state index in [-0.39, 0.29) is 17.6 Å². The summed E-state index contributed by atoms with van der Waals surface area (Å²) in [6, 6.07) is 2.66. The van der Waals surface area contributed by atoms with Crippen LogP contribution in [0.15, 0.2) is 34.1 Å². The number of hydrogen-bond acceptors (Lipinski definition) is 6. The molecule has 1 amide bonds. The molecule has 0 bridgehead atoms. The number of amides is 1. The first-order valence-corrected chi connectivity index (χ1v) is 6.36. The standard InChI is InChI=1S/C11H8N2O4S2/c1-2-5-12-10(14)8(19-11(12)18)6-7-3-4-9(17-7)13(15)16/h2-4,6H,1,5H2/b8-6+. The molecule has 6 nitrogen and oxygen atoms in total. The second-order valence-corrected chi connectivity index (χ2v) is 5.19. The number of carbonyl (C=O) groups excluding carboxylic acids is 1. The van der Waals surface area contributed by atoms with Gasteiger partial charge in [0, 0.05) is 12.6 Å². The van der Waals surface area contributed by atoms with Gasteiger partial charge in [-0.05, 0) is 6.07 Å². The molecule has 0 saturated carbocycles. The number of nitro groups is 1. The average molecular weight is 296 g/mol. The summed E-state index contributed by atoms with van der Waals surface area (Å²) in [6.45, 7) is 3.88. The normalized spacial score (nSPS) is 17.3. The lowest BCUT2D eigenvalue weighted by Gasteiger charge is -2.10. The maximum atomic E-state index is 12.0. The molecule has 1 aliphatic heterocycles. The molecule has 0 spiro atoms. The van der Waals surface area contributed by atoms with E-state index in [1.807, 2.05) is 0 Å². The molecule has 2 heterocycles. The van der Waals surface area contributed by atoms with Gasteiger partial charge in [0.15, 0.2) is 0 Å². The molecule has 19 heavy (non-hydrogen) atoms. The summed E-state index contributed by atoms with van der Waals surface area (Å²) in [5.41, 5.74) is 0. The number of carbonyl (C=O) groups is 1. The number of thiocarbonyl (C=S) groups is 1. The molecule has 1 aromatic rings. The fourth-order valence-corrected chi connectivity index (χ4v) is 2.69. The summed E-state index contributed by atoms with van der Waals surface area (Å²) < 4.78 is 5.39. The molecule has 0 aliphatic carbocycles. The second kappa shape index (κ2) is 5.37. The molecule has 98 valence electrons. The first-order valence-electron chi connectivity index (χ1n) is 5.13. The van der Waals surface area contributed by atoms with Crippen LogP contribution in [0.25, 0.3) is 6.08 Å². The zero-order valence-electron chi connectivity index (χ0n) is 9.57. The minimum atomic E-state index is -0.639. The Kier molecular flexibility index (Phi) is 3.82. The Bertz CT molecular complexity index is 606. The minimum Gasteiger partial charge on any atom is -0.401 e. The van der Waals surface area contributed by atoms with Gasteiger partial charge in [0.2, 0.25) is 0 Å². The van der Waals surface area contributed by atoms with Crippen molar-refractivity contribution in [3.05, 3.63) is 45.6 Å². The molecule has 0 aromatic carbocycles. The maximum absolute atomic E-state index is 12.0. The van der Waals surface area contributed by atoms with Crippen molar-refractivity contribution >= 4 is 46.2 Å². The maximum Gasteiger partial charge on any atom is 0.433 e. The van der Waals surface area contributed by atoms with Crippen LogP contribution in [-0.4, -0.2) is 26.6 Å². The number of rotatable bonds is 4. The van der Waals surface area contributed by atoms with Gasteiger partial charge in [0.25, 0.3) is 5.91 Å². The largest absolute Gasteiger partial charge is 0.433 e. The molecular weight excluding hydrogens is 288 g/mol. The van der Waals surface area contributed by atoms with Crippen LogP contribution in [0.4, 0.5) is 5.88 Å².